The van der Waals surface area contributed by atoms with Crippen LogP contribution in [0.2, 0.25) is 0 Å². The molecule has 1 atom stereocenters. The summed E-state index contributed by atoms with van der Waals surface area (Å²) in [6.07, 6.45) is 4.98. The molecule has 0 saturated heterocycles. The third kappa shape index (κ3) is 2.81. The molecular formula is C17H18N4O3. The van der Waals surface area contributed by atoms with E-state index in [-0.39, 0.29) is 0 Å². The first-order valence-electron chi connectivity index (χ1n) is 7.64. The first-order chi connectivity index (χ1) is 11.7. The van der Waals surface area contributed by atoms with Crippen LogP contribution in [-0.4, -0.2) is 42.1 Å². The number of carbonyl (C=O) groups is 1. The van der Waals surface area contributed by atoms with Crippen molar-refractivity contribution in [2.45, 2.75) is 19.5 Å². The summed E-state index contributed by atoms with van der Waals surface area (Å²) in [4.78, 5) is 15.9. The van der Waals surface area contributed by atoms with Crippen molar-refractivity contribution in [2.75, 3.05) is 6.61 Å². The lowest BCUT2D eigenvalue weighted by molar-refractivity contribution is -0.142. The van der Waals surface area contributed by atoms with Gasteiger partial charge in [-0.05, 0) is 6.92 Å². The number of hydrogen-bond donors (Lipinski definition) is 2. The molecule has 0 bridgehead atoms. The van der Waals surface area contributed by atoms with Crippen molar-refractivity contribution in [1.82, 2.24) is 19.3 Å². The van der Waals surface area contributed by atoms with Crippen molar-refractivity contribution in [2.24, 2.45) is 0 Å². The average molecular weight is 326 g/mol. The summed E-state index contributed by atoms with van der Waals surface area (Å²) >= 11 is 0. The average Bonchev–Trinajstić information content (AvgIpc) is 3.22. The summed E-state index contributed by atoms with van der Waals surface area (Å²) in [5.74, 6) is -1.11. The van der Waals surface area contributed by atoms with Gasteiger partial charge in [-0.3, -0.25) is 4.68 Å². The predicted octanol–water partition coefficient (Wildman–Crippen LogP) is 2.05. The topological polar surface area (TPSA) is 93.2 Å². The Kier molecular flexibility index (Phi) is 4.43. The molecule has 0 aliphatic rings. The first kappa shape index (κ1) is 15.9. The summed E-state index contributed by atoms with van der Waals surface area (Å²) in [5.41, 5.74) is 2.92. The molecule has 7 nitrogen and oxygen atoms in total. The second kappa shape index (κ2) is 6.67. The predicted molar refractivity (Wildman–Crippen MR) is 88.3 cm³/mol. The molecule has 0 spiro atoms. The highest BCUT2D eigenvalue weighted by Gasteiger charge is 2.25. The lowest BCUT2D eigenvalue weighted by atomic mass is 10.1. The van der Waals surface area contributed by atoms with Crippen LogP contribution in [-0.2, 0) is 11.3 Å². The maximum Gasteiger partial charge on any atom is 0.329 e. The van der Waals surface area contributed by atoms with Gasteiger partial charge in [0, 0.05) is 23.9 Å². The van der Waals surface area contributed by atoms with E-state index in [4.69, 9.17) is 0 Å². The summed E-state index contributed by atoms with van der Waals surface area (Å²) in [7, 11) is 0. The Labute approximate surface area is 138 Å². The van der Waals surface area contributed by atoms with Gasteiger partial charge >= 0.3 is 5.97 Å². The third-order valence-corrected chi connectivity index (χ3v) is 3.87. The van der Waals surface area contributed by atoms with E-state index in [1.807, 2.05) is 43.5 Å². The van der Waals surface area contributed by atoms with Crippen LogP contribution in [0, 0.1) is 0 Å². The number of aliphatic hydroxyl groups excluding tert-OH is 1. The van der Waals surface area contributed by atoms with E-state index < -0.39 is 18.6 Å². The molecule has 1 aromatic carbocycles. The molecule has 2 N–H and O–H groups in total. The van der Waals surface area contributed by atoms with E-state index in [1.165, 1.54) is 10.9 Å². The number of hydrogen-bond acceptors (Lipinski definition) is 4. The van der Waals surface area contributed by atoms with Crippen LogP contribution in [0.4, 0.5) is 0 Å². The van der Waals surface area contributed by atoms with E-state index in [1.54, 1.807) is 10.9 Å². The van der Waals surface area contributed by atoms with Gasteiger partial charge in [-0.15, -0.1) is 0 Å². The zero-order valence-corrected chi connectivity index (χ0v) is 13.2. The lowest BCUT2D eigenvalue weighted by Gasteiger charge is -2.14. The number of aliphatic hydroxyl groups is 1. The SMILES string of the molecule is CCn1cc(-c2c(-c3ccccc3)ncn2C(CO)C(=O)O)cn1. The van der Waals surface area contributed by atoms with Crippen molar-refractivity contribution >= 4 is 5.97 Å². The Morgan fingerprint density at radius 3 is 2.58 bits per heavy atom. The van der Waals surface area contributed by atoms with Gasteiger partial charge < -0.3 is 14.8 Å². The number of benzene rings is 1. The number of aromatic nitrogens is 4. The van der Waals surface area contributed by atoms with E-state index in [0.717, 1.165) is 11.1 Å². The Morgan fingerprint density at radius 1 is 1.25 bits per heavy atom. The summed E-state index contributed by atoms with van der Waals surface area (Å²) in [6, 6.07) is 8.42. The molecule has 0 aliphatic carbocycles. The minimum Gasteiger partial charge on any atom is -0.480 e. The molecule has 2 aromatic heterocycles. The van der Waals surface area contributed by atoms with E-state index in [9.17, 15) is 15.0 Å². The van der Waals surface area contributed by atoms with Gasteiger partial charge in [0.15, 0.2) is 6.04 Å². The van der Waals surface area contributed by atoms with Gasteiger partial charge in [-0.2, -0.15) is 5.10 Å². The smallest absolute Gasteiger partial charge is 0.329 e. The van der Waals surface area contributed by atoms with Crippen LogP contribution < -0.4 is 0 Å². The largest absolute Gasteiger partial charge is 0.480 e. The molecule has 1 unspecified atom stereocenters. The van der Waals surface area contributed by atoms with Crippen molar-refractivity contribution < 1.29 is 15.0 Å². The highest BCUT2D eigenvalue weighted by atomic mass is 16.4. The van der Waals surface area contributed by atoms with Gasteiger partial charge in [-0.25, -0.2) is 9.78 Å². The van der Waals surface area contributed by atoms with Crippen LogP contribution >= 0.6 is 0 Å². The molecule has 2 heterocycles. The molecule has 0 amide bonds. The fourth-order valence-electron chi connectivity index (χ4n) is 2.63. The van der Waals surface area contributed by atoms with Gasteiger partial charge in [-0.1, -0.05) is 30.3 Å². The Bertz CT molecular complexity index is 839. The Balaban J connectivity index is 2.21. The zero-order chi connectivity index (χ0) is 17.1. The first-order valence-corrected chi connectivity index (χ1v) is 7.64. The van der Waals surface area contributed by atoms with Crippen LogP contribution in [0.25, 0.3) is 22.5 Å². The fourth-order valence-corrected chi connectivity index (χ4v) is 2.63. The maximum absolute atomic E-state index is 11.5. The van der Waals surface area contributed by atoms with Crippen LogP contribution in [0.1, 0.15) is 13.0 Å². The zero-order valence-electron chi connectivity index (χ0n) is 13.2. The van der Waals surface area contributed by atoms with Gasteiger partial charge in [0.05, 0.1) is 30.5 Å². The third-order valence-electron chi connectivity index (χ3n) is 3.87. The minimum absolute atomic E-state index is 0.519. The van der Waals surface area contributed by atoms with Crippen molar-refractivity contribution in [3.8, 4) is 22.5 Å². The van der Waals surface area contributed by atoms with Crippen LogP contribution in [0.15, 0.2) is 49.1 Å². The van der Waals surface area contributed by atoms with Crippen molar-refractivity contribution in [3.63, 3.8) is 0 Å². The molecular weight excluding hydrogens is 308 g/mol. The normalized spacial score (nSPS) is 12.2. The quantitative estimate of drug-likeness (QED) is 0.723. The monoisotopic (exact) mass is 326 g/mol. The summed E-state index contributed by atoms with van der Waals surface area (Å²) < 4.78 is 3.25. The minimum atomic E-state index is -1.11. The second-order valence-electron chi connectivity index (χ2n) is 5.34. The van der Waals surface area contributed by atoms with Gasteiger partial charge in [0.2, 0.25) is 0 Å². The molecule has 0 saturated carbocycles. The Morgan fingerprint density at radius 2 is 2.00 bits per heavy atom. The second-order valence-corrected chi connectivity index (χ2v) is 5.34. The Hall–Kier alpha value is -2.93. The highest BCUT2D eigenvalue weighted by molar-refractivity contribution is 5.80. The molecule has 24 heavy (non-hydrogen) atoms. The number of imidazole rings is 1. The lowest BCUT2D eigenvalue weighted by Crippen LogP contribution is -2.22. The number of aliphatic carboxylic acids is 1. The van der Waals surface area contributed by atoms with Crippen LogP contribution in [0.5, 0.6) is 0 Å². The fraction of sp³-hybridized carbons (Fsp3) is 0.235. The van der Waals surface area contributed by atoms with Crippen LogP contribution in [0.3, 0.4) is 0 Å². The van der Waals surface area contributed by atoms with Gasteiger partial charge in [0.25, 0.3) is 0 Å². The molecule has 0 fully saturated rings. The molecule has 0 radical (unpaired) electrons. The summed E-state index contributed by atoms with van der Waals surface area (Å²) in [6.45, 7) is 2.16. The number of aryl methyl sites for hydroxylation is 1. The van der Waals surface area contributed by atoms with Crippen molar-refractivity contribution in [3.05, 3.63) is 49.1 Å². The molecule has 124 valence electrons. The maximum atomic E-state index is 11.5. The molecule has 0 aliphatic heterocycles. The number of rotatable bonds is 6. The summed E-state index contributed by atoms with van der Waals surface area (Å²) in [5, 5.41) is 23.2. The molecule has 7 heteroatoms. The van der Waals surface area contributed by atoms with E-state index in [0.29, 0.717) is 17.9 Å². The van der Waals surface area contributed by atoms with E-state index >= 15 is 0 Å². The molecule has 3 aromatic rings. The number of carboxylic acid groups (broad SMARTS) is 1. The van der Waals surface area contributed by atoms with Crippen molar-refractivity contribution in [1.29, 1.82) is 0 Å². The highest BCUT2D eigenvalue weighted by Crippen LogP contribution is 2.33. The van der Waals surface area contributed by atoms with E-state index in [2.05, 4.69) is 10.1 Å². The molecule has 3 rings (SSSR count). The number of nitrogens with zero attached hydrogens (tertiary/aromatic N) is 4. The number of carboxylic acids is 1. The standard InChI is InChI=1S/C17H18N4O3/c1-2-20-9-13(8-19-20)16-15(12-6-4-3-5-7-12)18-11-21(16)14(10-22)17(23)24/h3-9,11,14,22H,2,10H2,1H3,(H,23,24). The van der Waals surface area contributed by atoms with Gasteiger partial charge in [0.1, 0.15) is 0 Å².